The van der Waals surface area contributed by atoms with Crippen LogP contribution in [0, 0.1) is 0 Å². The molecule has 0 radical (unpaired) electrons. The fourth-order valence-corrected chi connectivity index (χ4v) is 10.7. The predicted octanol–water partition coefficient (Wildman–Crippen LogP) is 8.73. The van der Waals surface area contributed by atoms with E-state index in [1.165, 1.54) is 32.2 Å². The van der Waals surface area contributed by atoms with Gasteiger partial charge in [0.15, 0.2) is 0 Å². The van der Waals surface area contributed by atoms with Gasteiger partial charge in [0, 0.05) is 57.2 Å². The summed E-state index contributed by atoms with van der Waals surface area (Å²) in [5, 5.41) is 7.55. The minimum absolute atomic E-state index is 0.373. The number of hydrogen-bond donors (Lipinski definition) is 0. The van der Waals surface area contributed by atoms with E-state index in [2.05, 4.69) is 137 Å². The maximum atomic E-state index is 5.43. The third-order valence-corrected chi connectivity index (χ3v) is 15.1. The Kier molecular flexibility index (Phi) is 6.47. The molecule has 0 atom stereocenters. The predicted molar refractivity (Wildman–Crippen MR) is 208 cm³/mol. The fourth-order valence-electron chi connectivity index (χ4n) is 7.55. The van der Waals surface area contributed by atoms with Crippen LogP contribution in [-0.2, 0) is 10.8 Å². The minimum atomic E-state index is -1.66. The molecule has 0 saturated heterocycles. The van der Waals surface area contributed by atoms with Crippen molar-refractivity contribution in [2.75, 3.05) is 0 Å². The van der Waals surface area contributed by atoms with E-state index in [4.69, 9.17) is 19.9 Å². The first-order chi connectivity index (χ1) is 22.6. The molecule has 242 valence electrons. The van der Waals surface area contributed by atoms with E-state index in [1.54, 1.807) is 0 Å². The van der Waals surface area contributed by atoms with Crippen LogP contribution in [-0.4, -0.2) is 44.9 Å². The normalized spacial score (nSPS) is 13.6. The summed E-state index contributed by atoms with van der Waals surface area (Å²) in [6.45, 7) is 23.7. The third kappa shape index (κ3) is 4.28. The molecule has 0 aliphatic rings. The van der Waals surface area contributed by atoms with Crippen LogP contribution in [0.25, 0.3) is 54.9 Å². The van der Waals surface area contributed by atoms with Crippen molar-refractivity contribution in [3.63, 3.8) is 0 Å². The Morgan fingerprint density at radius 3 is 1.29 bits per heavy atom. The van der Waals surface area contributed by atoms with Crippen LogP contribution < -0.4 is 10.4 Å². The molecule has 2 aromatic carbocycles. The first kappa shape index (κ1) is 30.9. The summed E-state index contributed by atoms with van der Waals surface area (Å²) < 4.78 is 4.62. The van der Waals surface area contributed by atoms with Gasteiger partial charge in [0.25, 0.3) is 0 Å². The summed E-state index contributed by atoms with van der Waals surface area (Å²) in [5.41, 5.74) is 7.65. The number of imidazole rings is 2. The lowest BCUT2D eigenvalue weighted by Gasteiger charge is -2.39. The molecule has 0 amide bonds. The van der Waals surface area contributed by atoms with Crippen molar-refractivity contribution in [1.29, 1.82) is 0 Å². The largest absolute Gasteiger partial charge is 0.299 e. The second kappa shape index (κ2) is 10.1. The zero-order valence-electron chi connectivity index (χ0n) is 29.8. The number of nitrogens with zero attached hydrogens (tertiary/aromatic N) is 6. The van der Waals surface area contributed by atoms with Gasteiger partial charge in [-0.3, -0.25) is 18.8 Å². The molecule has 8 aromatic rings. The van der Waals surface area contributed by atoms with Crippen molar-refractivity contribution in [3.05, 3.63) is 96.8 Å². The van der Waals surface area contributed by atoms with E-state index < -0.39 is 16.1 Å². The Hall–Kier alpha value is -4.41. The van der Waals surface area contributed by atoms with Crippen molar-refractivity contribution in [3.8, 4) is 0 Å². The average Bonchev–Trinajstić information content (AvgIpc) is 3.71. The average molecular weight is 665 g/mol. The molecule has 0 aliphatic heterocycles. The summed E-state index contributed by atoms with van der Waals surface area (Å²) in [4.78, 5) is 20.8. The molecular weight excluding hydrogens is 621 g/mol. The van der Waals surface area contributed by atoms with Gasteiger partial charge in [0.1, 0.15) is 11.3 Å². The van der Waals surface area contributed by atoms with Crippen molar-refractivity contribution in [2.24, 2.45) is 0 Å². The van der Waals surface area contributed by atoms with E-state index in [9.17, 15) is 0 Å². The molecule has 6 aromatic heterocycles. The third-order valence-electron chi connectivity index (χ3n) is 11.0. The van der Waals surface area contributed by atoms with Gasteiger partial charge in [-0.2, -0.15) is 0 Å². The van der Waals surface area contributed by atoms with Crippen molar-refractivity contribution >= 4 is 81.4 Å². The van der Waals surface area contributed by atoms with E-state index in [0.29, 0.717) is 0 Å². The molecule has 0 fully saturated rings. The molecular formula is C40H44N6Si2. The number of rotatable bonds is 5. The first-order valence-corrected chi connectivity index (χ1v) is 24.0. The zero-order chi connectivity index (χ0) is 34.0. The summed E-state index contributed by atoms with van der Waals surface area (Å²) in [5.74, 6) is 0. The number of fused-ring (bicyclic) bond motifs is 12. The minimum Gasteiger partial charge on any atom is -0.299 e. The Morgan fingerprint density at radius 2 is 0.917 bits per heavy atom. The van der Waals surface area contributed by atoms with Gasteiger partial charge in [-0.15, -0.1) is 0 Å². The molecule has 0 aliphatic carbocycles. The quantitative estimate of drug-likeness (QED) is 0.136. The van der Waals surface area contributed by atoms with Crippen molar-refractivity contribution < 1.29 is 0 Å². The van der Waals surface area contributed by atoms with Crippen LogP contribution in [0.3, 0.4) is 0 Å². The molecule has 0 N–H and O–H groups in total. The number of benzene rings is 2. The molecule has 48 heavy (non-hydrogen) atoms. The summed E-state index contributed by atoms with van der Waals surface area (Å²) >= 11 is 0. The molecule has 8 rings (SSSR count). The number of aromatic nitrogens is 6. The van der Waals surface area contributed by atoms with Crippen LogP contribution in [0.1, 0.15) is 39.1 Å². The molecule has 0 saturated carbocycles. The van der Waals surface area contributed by atoms with Crippen molar-refractivity contribution in [1.82, 2.24) is 28.7 Å². The maximum absolute atomic E-state index is 5.43. The zero-order valence-corrected chi connectivity index (χ0v) is 31.8. The number of pyridine rings is 4. The Labute approximate surface area is 283 Å². The van der Waals surface area contributed by atoms with Crippen LogP contribution in [0.4, 0.5) is 0 Å². The Bertz CT molecular complexity index is 2410. The lowest BCUT2D eigenvalue weighted by Crippen LogP contribution is -2.41. The SMILES string of the molecule is CC(C)(c1cn2c3cccc([Si](C)(C)C)c3c3ncccc3c2n1)C(C)(C)c1cn2c3cccc([Si](C)(C)C)c3c3ncccc3c2n1. The van der Waals surface area contributed by atoms with Crippen LogP contribution in [0.15, 0.2) is 85.5 Å². The Balaban J connectivity index is 1.37. The van der Waals surface area contributed by atoms with E-state index in [-0.39, 0.29) is 10.8 Å². The van der Waals surface area contributed by atoms with Crippen LogP contribution in [0.5, 0.6) is 0 Å². The van der Waals surface area contributed by atoms with E-state index >= 15 is 0 Å². The lowest BCUT2D eigenvalue weighted by molar-refractivity contribution is 0.290. The summed E-state index contributed by atoms with van der Waals surface area (Å²) in [6.07, 6.45) is 8.36. The fraction of sp³-hybridized carbons (Fsp3) is 0.300. The van der Waals surface area contributed by atoms with Crippen LogP contribution in [0.2, 0.25) is 39.3 Å². The molecule has 0 spiro atoms. The molecule has 0 bridgehead atoms. The van der Waals surface area contributed by atoms with Crippen LogP contribution >= 0.6 is 0 Å². The highest BCUT2D eigenvalue weighted by Crippen LogP contribution is 2.44. The molecule has 6 nitrogen and oxygen atoms in total. The highest BCUT2D eigenvalue weighted by Gasteiger charge is 2.44. The van der Waals surface area contributed by atoms with Gasteiger partial charge < -0.3 is 0 Å². The van der Waals surface area contributed by atoms with Gasteiger partial charge in [0.2, 0.25) is 0 Å². The van der Waals surface area contributed by atoms with Gasteiger partial charge in [-0.05, 0) is 46.8 Å². The molecule has 8 heteroatoms. The Morgan fingerprint density at radius 1 is 0.521 bits per heavy atom. The lowest BCUT2D eigenvalue weighted by atomic mass is 9.64. The topological polar surface area (TPSA) is 60.4 Å². The standard InChI is InChI=1S/C40H44N6Si2/c1-39(2,31-23-45-27-17-11-19-29(47(5,6)7)33(27)35-25(37(45)43-31)15-13-21-41-35)40(3,4)32-24-46-28-18-12-20-30(48(8,9)10)34(28)36-26(38(46)44-32)16-14-22-42-36/h11-24H,1-10H3. The summed E-state index contributed by atoms with van der Waals surface area (Å²) in [6, 6.07) is 21.9. The molecule has 6 heterocycles. The smallest absolute Gasteiger partial charge is 0.147 e. The van der Waals surface area contributed by atoms with E-state index in [1.807, 2.05) is 24.5 Å². The highest BCUT2D eigenvalue weighted by atomic mass is 28.3. The van der Waals surface area contributed by atoms with Gasteiger partial charge in [-0.25, -0.2) is 9.97 Å². The maximum Gasteiger partial charge on any atom is 0.147 e. The van der Waals surface area contributed by atoms with Gasteiger partial charge in [-0.1, -0.05) is 91.2 Å². The summed E-state index contributed by atoms with van der Waals surface area (Å²) in [7, 11) is -3.33. The highest BCUT2D eigenvalue weighted by molar-refractivity contribution is 6.91. The van der Waals surface area contributed by atoms with Gasteiger partial charge >= 0.3 is 0 Å². The van der Waals surface area contributed by atoms with Gasteiger partial charge in [0.05, 0.1) is 49.6 Å². The number of hydrogen-bond acceptors (Lipinski definition) is 4. The van der Waals surface area contributed by atoms with Crippen molar-refractivity contribution in [2.45, 2.75) is 77.8 Å². The second-order valence-corrected chi connectivity index (χ2v) is 26.7. The first-order valence-electron chi connectivity index (χ1n) is 17.0. The molecule has 0 unspecified atom stereocenters. The second-order valence-electron chi connectivity index (χ2n) is 16.6. The monoisotopic (exact) mass is 664 g/mol. The van der Waals surface area contributed by atoms with E-state index in [0.717, 1.165) is 44.5 Å².